The van der Waals surface area contributed by atoms with E-state index in [1.807, 2.05) is 4.90 Å². The maximum Gasteiger partial charge on any atom is 0.387 e. The molecule has 10 heteroatoms. The maximum atomic E-state index is 12.2. The summed E-state index contributed by atoms with van der Waals surface area (Å²) in [4.78, 5) is 14.5. The third-order valence-electron chi connectivity index (χ3n) is 4.32. The number of halogens is 2. The Hall–Kier alpha value is -3.01. The molecule has 0 saturated carbocycles. The number of alkyl halides is 2. The van der Waals surface area contributed by atoms with Crippen LogP contribution in [0.15, 0.2) is 48.5 Å². The highest BCUT2D eigenvalue weighted by molar-refractivity contribution is 7.80. The van der Waals surface area contributed by atoms with Gasteiger partial charge in [-0.25, -0.2) is 0 Å². The SMILES string of the molecule is O=[N+]([O-])c1ccc(N2CCN(C(=S)Nc3ccc(OC(F)F)cc3)CC2)cc1. The molecule has 0 aromatic heterocycles. The Kier molecular flexibility index (Phi) is 6.19. The number of anilines is 2. The molecule has 0 aliphatic carbocycles. The summed E-state index contributed by atoms with van der Waals surface area (Å²) in [6, 6.07) is 12.6. The predicted molar refractivity (Wildman–Crippen MR) is 106 cm³/mol. The second-order valence-corrected chi connectivity index (χ2v) is 6.47. The van der Waals surface area contributed by atoms with Gasteiger partial charge >= 0.3 is 6.61 Å². The maximum absolute atomic E-state index is 12.2. The first-order chi connectivity index (χ1) is 13.4. The lowest BCUT2D eigenvalue weighted by Crippen LogP contribution is -2.50. The van der Waals surface area contributed by atoms with Crippen molar-refractivity contribution in [3.05, 3.63) is 58.6 Å². The normalized spacial score (nSPS) is 14.1. The van der Waals surface area contributed by atoms with Gasteiger partial charge in [0.05, 0.1) is 4.92 Å². The molecular weight excluding hydrogens is 390 g/mol. The molecule has 0 amide bonds. The Morgan fingerprint density at radius 3 is 2.21 bits per heavy atom. The van der Waals surface area contributed by atoms with E-state index in [0.29, 0.717) is 23.9 Å². The van der Waals surface area contributed by atoms with Crippen LogP contribution in [0.2, 0.25) is 0 Å². The molecule has 148 valence electrons. The van der Waals surface area contributed by atoms with E-state index < -0.39 is 11.5 Å². The molecule has 1 N–H and O–H groups in total. The third kappa shape index (κ3) is 5.03. The molecule has 2 aromatic carbocycles. The molecule has 0 radical (unpaired) electrons. The van der Waals surface area contributed by atoms with Crippen LogP contribution < -0.4 is 15.0 Å². The number of nitro benzene ring substituents is 1. The van der Waals surface area contributed by atoms with Gasteiger partial charge in [0.25, 0.3) is 5.69 Å². The van der Waals surface area contributed by atoms with E-state index >= 15 is 0 Å². The van der Waals surface area contributed by atoms with Crippen LogP contribution in [-0.4, -0.2) is 47.7 Å². The summed E-state index contributed by atoms with van der Waals surface area (Å²) in [6.07, 6.45) is 0. The van der Waals surface area contributed by atoms with Gasteiger partial charge in [0.15, 0.2) is 5.11 Å². The quantitative estimate of drug-likeness (QED) is 0.459. The zero-order valence-electron chi connectivity index (χ0n) is 14.8. The van der Waals surface area contributed by atoms with E-state index in [1.54, 1.807) is 24.3 Å². The van der Waals surface area contributed by atoms with Crippen molar-refractivity contribution in [3.8, 4) is 5.75 Å². The van der Waals surface area contributed by atoms with Crippen LogP contribution in [0.25, 0.3) is 0 Å². The topological polar surface area (TPSA) is 70.9 Å². The van der Waals surface area contributed by atoms with Gasteiger partial charge in [-0.15, -0.1) is 0 Å². The van der Waals surface area contributed by atoms with Gasteiger partial charge in [0.2, 0.25) is 0 Å². The van der Waals surface area contributed by atoms with Crippen LogP contribution in [0.3, 0.4) is 0 Å². The molecule has 7 nitrogen and oxygen atoms in total. The van der Waals surface area contributed by atoms with Crippen LogP contribution in [0.4, 0.5) is 25.8 Å². The highest BCUT2D eigenvalue weighted by atomic mass is 32.1. The van der Waals surface area contributed by atoms with Gasteiger partial charge < -0.3 is 19.9 Å². The monoisotopic (exact) mass is 408 g/mol. The van der Waals surface area contributed by atoms with Gasteiger partial charge in [-0.1, -0.05) is 0 Å². The van der Waals surface area contributed by atoms with Crippen molar-refractivity contribution in [2.75, 3.05) is 36.4 Å². The minimum Gasteiger partial charge on any atom is -0.435 e. The van der Waals surface area contributed by atoms with Crippen molar-refractivity contribution in [3.63, 3.8) is 0 Å². The third-order valence-corrected chi connectivity index (χ3v) is 4.68. The largest absolute Gasteiger partial charge is 0.435 e. The lowest BCUT2D eigenvalue weighted by molar-refractivity contribution is -0.384. The molecule has 0 spiro atoms. The number of nitrogens with zero attached hydrogens (tertiary/aromatic N) is 3. The lowest BCUT2D eigenvalue weighted by atomic mass is 10.2. The van der Waals surface area contributed by atoms with E-state index in [1.165, 1.54) is 24.3 Å². The Labute approximate surface area is 165 Å². The summed E-state index contributed by atoms with van der Waals surface area (Å²) < 4.78 is 28.7. The first kappa shape index (κ1) is 19.7. The fourth-order valence-electron chi connectivity index (χ4n) is 2.88. The minimum atomic E-state index is -2.85. The molecule has 0 unspecified atom stereocenters. The Bertz CT molecular complexity index is 826. The van der Waals surface area contributed by atoms with Crippen LogP contribution in [0.1, 0.15) is 0 Å². The number of non-ortho nitro benzene ring substituents is 1. The molecule has 1 heterocycles. The fraction of sp³-hybridized carbons (Fsp3) is 0.278. The van der Waals surface area contributed by atoms with Crippen molar-refractivity contribution >= 4 is 34.4 Å². The van der Waals surface area contributed by atoms with E-state index in [9.17, 15) is 18.9 Å². The zero-order chi connectivity index (χ0) is 20.1. The number of hydrogen-bond donors (Lipinski definition) is 1. The second-order valence-electron chi connectivity index (χ2n) is 6.08. The number of benzene rings is 2. The van der Waals surface area contributed by atoms with Crippen LogP contribution in [0, 0.1) is 10.1 Å². The molecule has 1 aliphatic heterocycles. The number of rotatable bonds is 5. The molecule has 1 fully saturated rings. The zero-order valence-corrected chi connectivity index (χ0v) is 15.6. The van der Waals surface area contributed by atoms with Gasteiger partial charge in [-0.2, -0.15) is 8.78 Å². The fourth-order valence-corrected chi connectivity index (χ4v) is 3.18. The first-order valence-electron chi connectivity index (χ1n) is 8.52. The Morgan fingerprint density at radius 1 is 1.07 bits per heavy atom. The number of thiocarbonyl (C=S) groups is 1. The summed E-state index contributed by atoms with van der Waals surface area (Å²) in [5.74, 6) is 0.0863. The molecule has 0 atom stereocenters. The standard InChI is InChI=1S/C18H18F2N4O3S/c19-17(20)27-16-7-1-13(2-8-16)21-18(28)23-11-9-22(10-12-23)14-3-5-15(6-4-14)24(25)26/h1-8,17H,9-12H2,(H,21,28). The Morgan fingerprint density at radius 2 is 1.68 bits per heavy atom. The number of ether oxygens (including phenoxy) is 1. The number of piperazine rings is 1. The van der Waals surface area contributed by atoms with Gasteiger partial charge in [0, 0.05) is 49.7 Å². The number of nitrogens with one attached hydrogen (secondary N) is 1. The number of hydrogen-bond acceptors (Lipinski definition) is 5. The summed E-state index contributed by atoms with van der Waals surface area (Å²) in [7, 11) is 0. The van der Waals surface area contributed by atoms with Gasteiger partial charge in [-0.3, -0.25) is 10.1 Å². The van der Waals surface area contributed by atoms with Gasteiger partial charge in [0.1, 0.15) is 5.75 Å². The van der Waals surface area contributed by atoms with Crippen molar-refractivity contribution < 1.29 is 18.4 Å². The average Bonchev–Trinajstić information content (AvgIpc) is 2.69. The van der Waals surface area contributed by atoms with Crippen LogP contribution in [0.5, 0.6) is 5.75 Å². The van der Waals surface area contributed by atoms with E-state index in [-0.39, 0.29) is 11.4 Å². The van der Waals surface area contributed by atoms with Crippen LogP contribution >= 0.6 is 12.2 Å². The minimum absolute atomic E-state index is 0.0673. The lowest BCUT2D eigenvalue weighted by Gasteiger charge is -2.37. The van der Waals surface area contributed by atoms with Crippen molar-refractivity contribution in [2.45, 2.75) is 6.61 Å². The van der Waals surface area contributed by atoms with Crippen molar-refractivity contribution in [1.82, 2.24) is 4.90 Å². The van der Waals surface area contributed by atoms with Gasteiger partial charge in [-0.05, 0) is 48.6 Å². The molecule has 28 heavy (non-hydrogen) atoms. The van der Waals surface area contributed by atoms with E-state index in [2.05, 4.69) is 15.0 Å². The van der Waals surface area contributed by atoms with Crippen LogP contribution in [-0.2, 0) is 0 Å². The Balaban J connectivity index is 1.51. The summed E-state index contributed by atoms with van der Waals surface area (Å²) in [5.41, 5.74) is 1.68. The van der Waals surface area contributed by atoms with Crippen molar-refractivity contribution in [2.24, 2.45) is 0 Å². The molecule has 1 aliphatic rings. The first-order valence-corrected chi connectivity index (χ1v) is 8.93. The molecule has 0 bridgehead atoms. The van der Waals surface area contributed by atoms with E-state index in [4.69, 9.17) is 12.2 Å². The highest BCUT2D eigenvalue weighted by Crippen LogP contribution is 2.21. The summed E-state index contributed by atoms with van der Waals surface area (Å²) in [6.45, 7) is -0.0289. The molecule has 2 aromatic rings. The predicted octanol–water partition coefficient (Wildman–Crippen LogP) is 3.72. The molecule has 1 saturated heterocycles. The van der Waals surface area contributed by atoms with Crippen molar-refractivity contribution in [1.29, 1.82) is 0 Å². The smallest absolute Gasteiger partial charge is 0.387 e. The highest BCUT2D eigenvalue weighted by Gasteiger charge is 2.20. The molecule has 3 rings (SSSR count). The second kappa shape index (κ2) is 8.79. The molecular formula is C18H18F2N4O3S. The number of nitro groups is 1. The average molecular weight is 408 g/mol. The summed E-state index contributed by atoms with van der Waals surface area (Å²) >= 11 is 5.43. The van der Waals surface area contributed by atoms with E-state index in [0.717, 1.165) is 18.8 Å². The summed E-state index contributed by atoms with van der Waals surface area (Å²) in [5, 5.41) is 14.4.